The summed E-state index contributed by atoms with van der Waals surface area (Å²) in [6.45, 7) is 1.41. The zero-order valence-electron chi connectivity index (χ0n) is 9.77. The predicted octanol–water partition coefficient (Wildman–Crippen LogP) is 0.965. The van der Waals surface area contributed by atoms with E-state index in [0.717, 1.165) is 11.3 Å². The molecule has 0 heterocycles. The number of methoxy groups -OCH3 is 2. The van der Waals surface area contributed by atoms with Gasteiger partial charge < -0.3 is 19.9 Å². The molecule has 0 aliphatic carbocycles. The maximum Gasteiger partial charge on any atom is 0.118 e. The molecule has 1 unspecified atom stereocenters. The summed E-state index contributed by atoms with van der Waals surface area (Å²) in [5.41, 5.74) is 1.04. The van der Waals surface area contributed by atoms with Crippen molar-refractivity contribution in [1.82, 2.24) is 5.32 Å². The first kappa shape index (κ1) is 13.0. The van der Waals surface area contributed by atoms with Crippen LogP contribution in [0.3, 0.4) is 0 Å². The van der Waals surface area contributed by atoms with Gasteiger partial charge in [-0.2, -0.15) is 0 Å². The zero-order chi connectivity index (χ0) is 11.8. The molecule has 4 nitrogen and oxygen atoms in total. The lowest BCUT2D eigenvalue weighted by Crippen LogP contribution is -2.27. The van der Waals surface area contributed by atoms with E-state index in [0.29, 0.717) is 13.2 Å². The summed E-state index contributed by atoms with van der Waals surface area (Å²) in [4.78, 5) is 0. The maximum atomic E-state index is 9.27. The van der Waals surface area contributed by atoms with Gasteiger partial charge in [0.2, 0.25) is 0 Å². The van der Waals surface area contributed by atoms with E-state index in [1.165, 1.54) is 0 Å². The highest BCUT2D eigenvalue weighted by Gasteiger charge is 2.08. The van der Waals surface area contributed by atoms with E-state index in [9.17, 15) is 5.11 Å². The minimum Gasteiger partial charge on any atom is -0.497 e. The Morgan fingerprint density at radius 1 is 1.25 bits per heavy atom. The monoisotopic (exact) mass is 225 g/mol. The molecule has 0 aromatic heterocycles. The van der Waals surface area contributed by atoms with Gasteiger partial charge in [-0.3, -0.25) is 0 Å². The second-order valence-corrected chi connectivity index (χ2v) is 3.46. The summed E-state index contributed by atoms with van der Waals surface area (Å²) in [7, 11) is 3.29. The first-order chi connectivity index (χ1) is 7.81. The van der Waals surface area contributed by atoms with E-state index in [-0.39, 0.29) is 12.6 Å². The van der Waals surface area contributed by atoms with Gasteiger partial charge in [-0.25, -0.2) is 0 Å². The number of ether oxygens (including phenoxy) is 2. The molecule has 0 saturated heterocycles. The van der Waals surface area contributed by atoms with Crippen LogP contribution in [0.4, 0.5) is 0 Å². The van der Waals surface area contributed by atoms with Gasteiger partial charge in [-0.05, 0) is 17.7 Å². The van der Waals surface area contributed by atoms with Gasteiger partial charge in [0.05, 0.1) is 26.4 Å². The van der Waals surface area contributed by atoms with Crippen LogP contribution in [0.15, 0.2) is 24.3 Å². The van der Waals surface area contributed by atoms with E-state index >= 15 is 0 Å². The molecule has 1 aromatic rings. The molecule has 0 saturated carbocycles. The van der Waals surface area contributed by atoms with E-state index in [2.05, 4.69) is 5.32 Å². The van der Waals surface area contributed by atoms with Crippen molar-refractivity contribution in [2.75, 3.05) is 34.0 Å². The molecule has 0 aliphatic heterocycles. The maximum absolute atomic E-state index is 9.27. The Hall–Kier alpha value is -1.10. The summed E-state index contributed by atoms with van der Waals surface area (Å²) in [6, 6.07) is 7.60. The molecule has 0 amide bonds. The fourth-order valence-electron chi connectivity index (χ4n) is 1.46. The molecule has 1 rings (SSSR count). The third kappa shape index (κ3) is 3.81. The fraction of sp³-hybridized carbons (Fsp3) is 0.500. The van der Waals surface area contributed by atoms with Crippen molar-refractivity contribution in [3.63, 3.8) is 0 Å². The van der Waals surface area contributed by atoms with E-state index in [1.807, 2.05) is 24.3 Å². The Morgan fingerprint density at radius 2 is 1.94 bits per heavy atom. The Bertz CT molecular complexity index is 287. The average molecular weight is 225 g/mol. The lowest BCUT2D eigenvalue weighted by molar-refractivity contribution is 0.184. The number of hydrogen-bond acceptors (Lipinski definition) is 4. The Kier molecular flexibility index (Phi) is 5.85. The van der Waals surface area contributed by atoms with Crippen molar-refractivity contribution < 1.29 is 14.6 Å². The van der Waals surface area contributed by atoms with Gasteiger partial charge in [-0.15, -0.1) is 0 Å². The zero-order valence-corrected chi connectivity index (χ0v) is 9.77. The van der Waals surface area contributed by atoms with Crippen molar-refractivity contribution >= 4 is 0 Å². The van der Waals surface area contributed by atoms with Crippen LogP contribution in [0.1, 0.15) is 11.6 Å². The summed E-state index contributed by atoms with van der Waals surface area (Å²) < 4.78 is 10.0. The fourth-order valence-corrected chi connectivity index (χ4v) is 1.46. The highest BCUT2D eigenvalue weighted by molar-refractivity contribution is 5.29. The predicted molar refractivity (Wildman–Crippen MR) is 62.7 cm³/mol. The standard InChI is InChI=1S/C12H19NO3/c1-15-8-7-13-12(9-14)10-3-5-11(16-2)6-4-10/h3-6,12-14H,7-9H2,1-2H3. The third-order valence-electron chi connectivity index (χ3n) is 2.40. The molecule has 16 heavy (non-hydrogen) atoms. The number of nitrogens with one attached hydrogen (secondary N) is 1. The van der Waals surface area contributed by atoms with Crippen molar-refractivity contribution in [2.24, 2.45) is 0 Å². The smallest absolute Gasteiger partial charge is 0.118 e. The number of hydrogen-bond donors (Lipinski definition) is 2. The highest BCUT2D eigenvalue weighted by Crippen LogP contribution is 2.17. The normalized spacial score (nSPS) is 12.4. The summed E-state index contributed by atoms with van der Waals surface area (Å²) in [6.07, 6.45) is 0. The van der Waals surface area contributed by atoms with Gasteiger partial charge in [-0.1, -0.05) is 12.1 Å². The number of benzene rings is 1. The van der Waals surface area contributed by atoms with Crippen LogP contribution < -0.4 is 10.1 Å². The molecule has 0 bridgehead atoms. The summed E-state index contributed by atoms with van der Waals surface area (Å²) in [5, 5.41) is 12.5. The largest absolute Gasteiger partial charge is 0.497 e. The minimum absolute atomic E-state index is 0.0546. The molecular weight excluding hydrogens is 206 g/mol. The molecule has 1 aromatic carbocycles. The lowest BCUT2D eigenvalue weighted by atomic mass is 10.1. The van der Waals surface area contributed by atoms with Gasteiger partial charge in [0.15, 0.2) is 0 Å². The topological polar surface area (TPSA) is 50.7 Å². The van der Waals surface area contributed by atoms with Crippen molar-refractivity contribution in [3.05, 3.63) is 29.8 Å². The molecule has 0 fully saturated rings. The van der Waals surface area contributed by atoms with Crippen LogP contribution in [0.5, 0.6) is 5.75 Å². The second-order valence-electron chi connectivity index (χ2n) is 3.46. The second kappa shape index (κ2) is 7.22. The number of aliphatic hydroxyl groups is 1. The molecule has 0 aliphatic rings. The summed E-state index contributed by atoms with van der Waals surface area (Å²) in [5.74, 6) is 0.817. The van der Waals surface area contributed by atoms with Crippen LogP contribution in [0.2, 0.25) is 0 Å². The molecule has 1 atom stereocenters. The first-order valence-electron chi connectivity index (χ1n) is 5.29. The lowest BCUT2D eigenvalue weighted by Gasteiger charge is -2.16. The van der Waals surface area contributed by atoms with Gasteiger partial charge in [0.25, 0.3) is 0 Å². The number of aliphatic hydroxyl groups excluding tert-OH is 1. The van der Waals surface area contributed by atoms with E-state index < -0.39 is 0 Å². The van der Waals surface area contributed by atoms with Gasteiger partial charge in [0.1, 0.15) is 5.75 Å². The number of rotatable bonds is 7. The van der Waals surface area contributed by atoms with Gasteiger partial charge in [0, 0.05) is 13.7 Å². The van der Waals surface area contributed by atoms with Crippen LogP contribution in [0, 0.1) is 0 Å². The summed E-state index contributed by atoms with van der Waals surface area (Å²) >= 11 is 0. The van der Waals surface area contributed by atoms with Crippen LogP contribution in [-0.2, 0) is 4.74 Å². The van der Waals surface area contributed by atoms with Crippen molar-refractivity contribution in [1.29, 1.82) is 0 Å². The van der Waals surface area contributed by atoms with Crippen LogP contribution in [0.25, 0.3) is 0 Å². The molecular formula is C12H19NO3. The SMILES string of the molecule is COCCNC(CO)c1ccc(OC)cc1. The molecule has 0 radical (unpaired) electrons. The quantitative estimate of drug-likeness (QED) is 0.679. The molecule has 4 heteroatoms. The van der Waals surface area contributed by atoms with Crippen LogP contribution >= 0.6 is 0 Å². The van der Waals surface area contributed by atoms with Crippen molar-refractivity contribution in [2.45, 2.75) is 6.04 Å². The van der Waals surface area contributed by atoms with Gasteiger partial charge >= 0.3 is 0 Å². The first-order valence-corrected chi connectivity index (χ1v) is 5.29. The molecule has 90 valence electrons. The minimum atomic E-state index is -0.0546. The Labute approximate surface area is 96.2 Å². The average Bonchev–Trinajstić information content (AvgIpc) is 2.35. The van der Waals surface area contributed by atoms with E-state index in [4.69, 9.17) is 9.47 Å². The third-order valence-corrected chi connectivity index (χ3v) is 2.40. The Balaban J connectivity index is 2.56. The Morgan fingerprint density at radius 3 is 2.44 bits per heavy atom. The van der Waals surface area contributed by atoms with Crippen LogP contribution in [-0.4, -0.2) is 39.1 Å². The van der Waals surface area contributed by atoms with Crippen molar-refractivity contribution in [3.8, 4) is 5.75 Å². The molecule has 2 N–H and O–H groups in total. The highest BCUT2D eigenvalue weighted by atomic mass is 16.5. The molecule has 0 spiro atoms. The van der Waals surface area contributed by atoms with E-state index in [1.54, 1.807) is 14.2 Å².